The molecule has 0 aliphatic carbocycles. The summed E-state index contributed by atoms with van der Waals surface area (Å²) in [6, 6.07) is 0. The van der Waals surface area contributed by atoms with Crippen LogP contribution in [0.3, 0.4) is 0 Å². The second kappa shape index (κ2) is 10.8. The van der Waals surface area contributed by atoms with Gasteiger partial charge in [-0.2, -0.15) is 0 Å². The molecule has 0 aromatic heterocycles. The van der Waals surface area contributed by atoms with Crippen molar-refractivity contribution in [1.82, 2.24) is 0 Å². The molecule has 0 aromatic carbocycles. The van der Waals surface area contributed by atoms with Crippen molar-refractivity contribution in [3.05, 3.63) is 0 Å². The quantitative estimate of drug-likeness (QED) is 0.251. The van der Waals surface area contributed by atoms with Crippen LogP contribution in [-0.4, -0.2) is 26.8 Å². The van der Waals surface area contributed by atoms with Gasteiger partial charge in [-0.1, -0.05) is 40.0 Å². The highest BCUT2D eigenvalue weighted by atomic mass is 79.9. The Kier molecular flexibility index (Phi) is 11.2. The third-order valence-corrected chi connectivity index (χ3v) is 6.29. The van der Waals surface area contributed by atoms with Crippen molar-refractivity contribution in [2.24, 2.45) is 0 Å². The maximum atomic E-state index is 6.00. The average molecular weight is 311 g/mol. The van der Waals surface area contributed by atoms with E-state index >= 15 is 0 Å². The highest BCUT2D eigenvalue weighted by molar-refractivity contribution is 9.23. The first-order chi connectivity index (χ1) is 7.74. The van der Waals surface area contributed by atoms with Crippen LogP contribution in [0.2, 0.25) is 0 Å². The highest BCUT2D eigenvalue weighted by Crippen LogP contribution is 2.22. The Morgan fingerprint density at radius 3 is 1.75 bits per heavy atom. The van der Waals surface area contributed by atoms with Gasteiger partial charge in [-0.3, -0.25) is 0 Å². The lowest BCUT2D eigenvalue weighted by molar-refractivity contribution is -0.184. The molecular weight excluding hydrogens is 284 g/mol. The molecule has 0 saturated heterocycles. The van der Waals surface area contributed by atoms with Crippen LogP contribution in [0.4, 0.5) is 0 Å². The van der Waals surface area contributed by atoms with E-state index in [4.69, 9.17) is 9.47 Å². The molecule has 16 heavy (non-hydrogen) atoms. The van der Waals surface area contributed by atoms with Gasteiger partial charge in [0.25, 0.3) is 0 Å². The number of rotatable bonds is 11. The van der Waals surface area contributed by atoms with Gasteiger partial charge >= 0.3 is 0 Å². The van der Waals surface area contributed by atoms with Crippen molar-refractivity contribution < 1.29 is 9.47 Å². The van der Waals surface area contributed by atoms with Crippen LogP contribution in [0.5, 0.6) is 0 Å². The minimum absolute atomic E-state index is 0.251. The van der Waals surface area contributed by atoms with Crippen LogP contribution < -0.4 is 0 Å². The minimum Gasteiger partial charge on any atom is -0.353 e. The molecule has 0 aromatic rings. The third-order valence-electron chi connectivity index (χ3n) is 2.56. The van der Waals surface area contributed by atoms with Crippen LogP contribution >= 0.6 is 15.3 Å². The predicted molar refractivity (Wildman–Crippen MR) is 76.8 cm³/mol. The van der Waals surface area contributed by atoms with E-state index in [2.05, 4.69) is 36.1 Å². The van der Waals surface area contributed by atoms with Gasteiger partial charge in [0, 0.05) is 13.2 Å². The molecule has 0 aliphatic heterocycles. The van der Waals surface area contributed by atoms with Gasteiger partial charge in [0.1, 0.15) is 0 Å². The molecule has 4 heteroatoms. The van der Waals surface area contributed by atoms with E-state index in [1.807, 2.05) is 0 Å². The zero-order chi connectivity index (χ0) is 12.3. The lowest BCUT2D eigenvalue weighted by atomic mass is 10.3. The summed E-state index contributed by atoms with van der Waals surface area (Å²) in [5.41, 5.74) is -0.251. The number of unbranched alkanes of at least 4 members (excludes halogenated alkanes) is 2. The monoisotopic (exact) mass is 310 g/mol. The predicted octanol–water partition coefficient (Wildman–Crippen LogP) is 3.55. The van der Waals surface area contributed by atoms with Crippen LogP contribution in [0, 0.1) is 0 Å². The molecule has 0 heterocycles. The summed E-state index contributed by atoms with van der Waals surface area (Å²) in [6.45, 7) is 8.24. The van der Waals surface area contributed by atoms with Crippen molar-refractivity contribution >= 4 is 23.4 Å². The molecule has 0 amide bonds. The van der Waals surface area contributed by atoms with E-state index in [9.17, 15) is 0 Å². The largest absolute Gasteiger partial charge is 0.353 e. The van der Waals surface area contributed by atoms with Crippen molar-refractivity contribution in [2.75, 3.05) is 13.2 Å². The summed E-state index contributed by atoms with van der Waals surface area (Å²) >= 11 is 3.67. The molecular formula is C12H27BrO2Si. The zero-order valence-corrected chi connectivity index (χ0v) is 14.1. The van der Waals surface area contributed by atoms with E-state index in [0.717, 1.165) is 38.9 Å². The van der Waals surface area contributed by atoms with Gasteiger partial charge in [0.2, 0.25) is 0 Å². The van der Waals surface area contributed by atoms with E-state index in [-0.39, 0.29) is 5.41 Å². The van der Waals surface area contributed by atoms with Crippen LogP contribution in [0.1, 0.15) is 59.3 Å². The molecule has 0 saturated carbocycles. The second-order valence-electron chi connectivity index (χ2n) is 4.20. The topological polar surface area (TPSA) is 18.5 Å². The van der Waals surface area contributed by atoms with Gasteiger partial charge < -0.3 is 9.47 Å². The lowest BCUT2D eigenvalue weighted by Gasteiger charge is -2.32. The van der Waals surface area contributed by atoms with Crippen molar-refractivity contribution in [1.29, 1.82) is 0 Å². The Hall–Kier alpha value is 0.617. The standard InChI is InChI=1S/C12H27BrO2Si/c1-4-7-10-14-12(16-13,9-6-3)15-11-8-5-2/h4-11,16H2,1-3H3. The molecule has 98 valence electrons. The molecule has 0 bridgehead atoms. The Morgan fingerprint density at radius 2 is 1.44 bits per heavy atom. The molecule has 2 nitrogen and oxygen atoms in total. The maximum Gasteiger partial charge on any atom is 0.168 e. The molecule has 0 N–H and O–H groups in total. The second-order valence-corrected chi connectivity index (χ2v) is 7.23. The summed E-state index contributed by atoms with van der Waals surface area (Å²) in [4.78, 5) is 0. The normalized spacial score (nSPS) is 12.8. The first-order valence-electron chi connectivity index (χ1n) is 6.58. The molecule has 0 rings (SSSR count). The summed E-state index contributed by atoms with van der Waals surface area (Å²) in [6.07, 6.45) is 6.77. The number of halogens is 1. The van der Waals surface area contributed by atoms with Gasteiger partial charge in [-0.15, -0.1) is 15.3 Å². The number of hydrogen-bond donors (Lipinski definition) is 0. The first kappa shape index (κ1) is 16.6. The van der Waals surface area contributed by atoms with Crippen LogP contribution in [0.25, 0.3) is 0 Å². The molecule has 0 aliphatic rings. The Balaban J connectivity index is 4.09. The Morgan fingerprint density at radius 1 is 0.938 bits per heavy atom. The smallest absolute Gasteiger partial charge is 0.168 e. The van der Waals surface area contributed by atoms with E-state index in [0.29, 0.717) is 0 Å². The third kappa shape index (κ3) is 7.04. The summed E-state index contributed by atoms with van der Waals surface area (Å²) in [5, 5.41) is 0. The lowest BCUT2D eigenvalue weighted by Crippen LogP contribution is -2.40. The fourth-order valence-corrected chi connectivity index (χ4v) is 4.26. The molecule has 0 unspecified atom stereocenters. The van der Waals surface area contributed by atoms with Gasteiger partial charge in [0.15, 0.2) is 13.5 Å². The Bertz CT molecular complexity index is 146. The first-order valence-corrected chi connectivity index (χ1v) is 11.2. The summed E-state index contributed by atoms with van der Waals surface area (Å²) in [5.74, 6) is 0. The SMILES string of the molecule is CCCCOC(CCC)(OCCCC)[SiH2]Br. The van der Waals surface area contributed by atoms with Crippen LogP contribution in [-0.2, 0) is 9.47 Å². The van der Waals surface area contributed by atoms with Gasteiger partial charge in [0.05, 0.1) is 0 Å². The zero-order valence-electron chi connectivity index (χ0n) is 11.1. The highest BCUT2D eigenvalue weighted by Gasteiger charge is 2.29. The fraction of sp³-hybridized carbons (Fsp3) is 1.00. The summed E-state index contributed by atoms with van der Waals surface area (Å²) < 4.78 is 12.0. The van der Waals surface area contributed by atoms with Crippen molar-refractivity contribution in [3.8, 4) is 0 Å². The van der Waals surface area contributed by atoms with Gasteiger partial charge in [-0.25, -0.2) is 0 Å². The van der Waals surface area contributed by atoms with E-state index < -0.39 is 8.14 Å². The van der Waals surface area contributed by atoms with Crippen LogP contribution in [0.15, 0.2) is 0 Å². The van der Waals surface area contributed by atoms with E-state index in [1.165, 1.54) is 12.8 Å². The number of hydrogen-bond acceptors (Lipinski definition) is 2. The fourth-order valence-electron chi connectivity index (χ4n) is 1.52. The summed E-state index contributed by atoms with van der Waals surface area (Å²) in [7, 11) is -0.478. The minimum atomic E-state index is -0.478. The van der Waals surface area contributed by atoms with Crippen molar-refractivity contribution in [2.45, 2.75) is 64.7 Å². The molecule has 0 spiro atoms. The van der Waals surface area contributed by atoms with Crippen molar-refractivity contribution in [3.63, 3.8) is 0 Å². The maximum absolute atomic E-state index is 6.00. The average Bonchev–Trinajstić information content (AvgIpc) is 2.29. The molecule has 0 fully saturated rings. The van der Waals surface area contributed by atoms with Gasteiger partial charge in [-0.05, 0) is 19.3 Å². The van der Waals surface area contributed by atoms with E-state index in [1.54, 1.807) is 0 Å². The molecule has 0 radical (unpaired) electrons. The number of ether oxygens (including phenoxy) is 2. The Labute approximate surface area is 111 Å². The molecule has 0 atom stereocenters.